The molecule has 0 spiro atoms. The quantitative estimate of drug-likeness (QED) is 0.607. The maximum absolute atomic E-state index is 13.2. The van der Waals surface area contributed by atoms with Gasteiger partial charge < -0.3 is 4.74 Å². The Morgan fingerprint density at radius 1 is 1.07 bits per heavy atom. The minimum Gasteiger partial charge on any atom is -0.462 e. The topological polar surface area (TPSA) is 96.2 Å². The Morgan fingerprint density at radius 2 is 1.79 bits per heavy atom. The summed E-state index contributed by atoms with van der Waals surface area (Å²) in [5, 5.41) is 9.48. The highest BCUT2D eigenvalue weighted by Crippen LogP contribution is 2.28. The van der Waals surface area contributed by atoms with E-state index >= 15 is 0 Å². The lowest BCUT2D eigenvalue weighted by Crippen LogP contribution is -2.31. The van der Waals surface area contributed by atoms with Gasteiger partial charge in [0.05, 0.1) is 35.1 Å². The highest BCUT2D eigenvalue weighted by molar-refractivity contribution is 7.92. The first-order valence-electron chi connectivity index (χ1n) is 8.11. The van der Waals surface area contributed by atoms with E-state index in [-0.39, 0.29) is 28.4 Å². The zero-order valence-electron chi connectivity index (χ0n) is 14.6. The molecule has 0 amide bonds. The molecule has 28 heavy (non-hydrogen) atoms. The van der Waals surface area contributed by atoms with Gasteiger partial charge >= 0.3 is 0 Å². The van der Waals surface area contributed by atoms with E-state index in [0.717, 1.165) is 4.31 Å². The lowest BCUT2D eigenvalue weighted by atomic mass is 10.1. The van der Waals surface area contributed by atoms with Crippen LogP contribution in [0.25, 0.3) is 0 Å². The van der Waals surface area contributed by atoms with E-state index < -0.39 is 16.9 Å². The van der Waals surface area contributed by atoms with Gasteiger partial charge in [-0.2, -0.15) is 5.26 Å². The molecule has 0 unspecified atom stereocenters. The Hall–Kier alpha value is -3.51. The SMILES string of the molecule is N#Cc1c(CN(c2cncnc2)S(=O)(=O)c2ccccc2)cccc1OCF. The number of nitrogens with zero attached hydrogens (tertiary/aromatic N) is 4. The lowest BCUT2D eigenvalue weighted by Gasteiger charge is -2.24. The van der Waals surface area contributed by atoms with Gasteiger partial charge in [-0.15, -0.1) is 0 Å². The number of ether oxygens (including phenoxy) is 1. The van der Waals surface area contributed by atoms with Gasteiger partial charge in [0.2, 0.25) is 6.86 Å². The van der Waals surface area contributed by atoms with Crippen molar-refractivity contribution >= 4 is 15.7 Å². The second-order valence-corrected chi connectivity index (χ2v) is 7.44. The van der Waals surface area contributed by atoms with Gasteiger partial charge in [0, 0.05) is 0 Å². The number of anilines is 1. The summed E-state index contributed by atoms with van der Waals surface area (Å²) >= 11 is 0. The fourth-order valence-corrected chi connectivity index (χ4v) is 4.06. The molecule has 0 radical (unpaired) electrons. The summed E-state index contributed by atoms with van der Waals surface area (Å²) in [4.78, 5) is 7.85. The summed E-state index contributed by atoms with van der Waals surface area (Å²) in [6.45, 7) is -1.28. The first-order chi connectivity index (χ1) is 13.6. The van der Waals surface area contributed by atoms with E-state index in [9.17, 15) is 18.1 Å². The molecule has 2 aromatic carbocycles. The zero-order chi connectivity index (χ0) is 20.0. The number of benzene rings is 2. The number of aromatic nitrogens is 2. The fraction of sp³-hybridized carbons (Fsp3) is 0.105. The third-order valence-corrected chi connectivity index (χ3v) is 5.70. The van der Waals surface area contributed by atoms with E-state index in [1.165, 1.54) is 36.9 Å². The van der Waals surface area contributed by atoms with Crippen LogP contribution < -0.4 is 9.04 Å². The predicted molar refractivity (Wildman–Crippen MR) is 99.6 cm³/mol. The Morgan fingerprint density at radius 3 is 2.43 bits per heavy atom. The lowest BCUT2D eigenvalue weighted by molar-refractivity contribution is 0.191. The number of hydrogen-bond donors (Lipinski definition) is 0. The van der Waals surface area contributed by atoms with E-state index in [0.29, 0.717) is 5.56 Å². The summed E-state index contributed by atoms with van der Waals surface area (Å²) in [5.41, 5.74) is 0.647. The van der Waals surface area contributed by atoms with Gasteiger partial charge in [-0.1, -0.05) is 30.3 Å². The Bertz CT molecular complexity index is 1090. The van der Waals surface area contributed by atoms with Gasteiger partial charge in [-0.05, 0) is 23.8 Å². The highest BCUT2D eigenvalue weighted by Gasteiger charge is 2.27. The van der Waals surface area contributed by atoms with Crippen molar-refractivity contribution in [3.8, 4) is 11.8 Å². The monoisotopic (exact) mass is 398 g/mol. The number of rotatable bonds is 7. The Balaban J connectivity index is 2.11. The summed E-state index contributed by atoms with van der Waals surface area (Å²) in [6.07, 6.45) is 4.01. The molecule has 0 saturated carbocycles. The molecular formula is C19H15FN4O3S. The fourth-order valence-electron chi connectivity index (χ4n) is 2.62. The molecule has 0 saturated heterocycles. The van der Waals surface area contributed by atoms with Crippen LogP contribution in [0.1, 0.15) is 11.1 Å². The van der Waals surface area contributed by atoms with Crippen molar-refractivity contribution < 1.29 is 17.5 Å². The molecule has 0 bridgehead atoms. The van der Waals surface area contributed by atoms with Crippen LogP contribution in [0.3, 0.4) is 0 Å². The van der Waals surface area contributed by atoms with Crippen molar-refractivity contribution in [3.05, 3.63) is 78.4 Å². The molecule has 1 heterocycles. The summed E-state index contributed by atoms with van der Waals surface area (Å²) in [6, 6.07) is 14.4. The van der Waals surface area contributed by atoms with Crippen LogP contribution in [0.2, 0.25) is 0 Å². The van der Waals surface area contributed by atoms with Crippen molar-refractivity contribution in [2.45, 2.75) is 11.4 Å². The largest absolute Gasteiger partial charge is 0.462 e. The Kier molecular flexibility index (Phi) is 5.81. The van der Waals surface area contributed by atoms with Crippen molar-refractivity contribution in [1.29, 1.82) is 5.26 Å². The Labute approximate surface area is 161 Å². The minimum atomic E-state index is -3.97. The van der Waals surface area contributed by atoms with Gasteiger partial charge in [0.25, 0.3) is 10.0 Å². The molecule has 3 aromatic rings. The normalized spacial score (nSPS) is 10.9. The number of hydrogen-bond acceptors (Lipinski definition) is 6. The van der Waals surface area contributed by atoms with Gasteiger partial charge in [0.15, 0.2) is 0 Å². The molecule has 0 N–H and O–H groups in total. The molecule has 3 rings (SSSR count). The highest BCUT2D eigenvalue weighted by atomic mass is 32.2. The second-order valence-electron chi connectivity index (χ2n) is 5.58. The van der Waals surface area contributed by atoms with Crippen LogP contribution in [0.15, 0.2) is 72.1 Å². The molecule has 1 aromatic heterocycles. The third kappa shape index (κ3) is 3.92. The van der Waals surface area contributed by atoms with E-state index in [4.69, 9.17) is 4.74 Å². The summed E-state index contributed by atoms with van der Waals surface area (Å²) in [5.74, 6) is 0.0453. The van der Waals surface area contributed by atoms with Crippen LogP contribution in [-0.4, -0.2) is 25.2 Å². The number of alkyl halides is 1. The number of sulfonamides is 1. The van der Waals surface area contributed by atoms with Gasteiger partial charge in [-0.25, -0.2) is 22.8 Å². The molecule has 0 aliphatic carbocycles. The number of halogens is 1. The van der Waals surface area contributed by atoms with Crippen molar-refractivity contribution in [3.63, 3.8) is 0 Å². The first kappa shape index (κ1) is 19.3. The van der Waals surface area contributed by atoms with Crippen LogP contribution in [-0.2, 0) is 16.6 Å². The molecule has 0 aliphatic rings. The summed E-state index contributed by atoms with van der Waals surface area (Å²) in [7, 11) is -3.97. The molecule has 0 atom stereocenters. The molecule has 0 aliphatic heterocycles. The van der Waals surface area contributed by atoms with Crippen molar-refractivity contribution in [2.75, 3.05) is 11.2 Å². The van der Waals surface area contributed by atoms with E-state index in [2.05, 4.69) is 9.97 Å². The maximum atomic E-state index is 13.2. The van der Waals surface area contributed by atoms with Crippen LogP contribution in [0, 0.1) is 11.3 Å². The molecule has 142 valence electrons. The van der Waals surface area contributed by atoms with E-state index in [1.807, 2.05) is 6.07 Å². The molecule has 0 fully saturated rings. The van der Waals surface area contributed by atoms with Crippen LogP contribution >= 0.6 is 0 Å². The first-order valence-corrected chi connectivity index (χ1v) is 9.55. The van der Waals surface area contributed by atoms with Crippen LogP contribution in [0.5, 0.6) is 5.75 Å². The molecular weight excluding hydrogens is 383 g/mol. The average molecular weight is 398 g/mol. The number of nitriles is 1. The maximum Gasteiger partial charge on any atom is 0.264 e. The zero-order valence-corrected chi connectivity index (χ0v) is 15.4. The summed E-state index contributed by atoms with van der Waals surface area (Å²) < 4.78 is 45.0. The standard InChI is InChI=1S/C19H15FN4O3S/c20-13-27-19-8-4-5-15(18(19)9-21)12-24(16-10-22-14-23-11-16)28(25,26)17-6-2-1-3-7-17/h1-8,10-11,14H,12-13H2. The van der Waals surface area contributed by atoms with Gasteiger partial charge in [-0.3, -0.25) is 4.31 Å². The second kappa shape index (κ2) is 8.45. The van der Waals surface area contributed by atoms with Crippen molar-refractivity contribution in [2.24, 2.45) is 0 Å². The molecule has 7 nitrogen and oxygen atoms in total. The average Bonchev–Trinajstić information content (AvgIpc) is 2.73. The smallest absolute Gasteiger partial charge is 0.264 e. The molecule has 9 heteroatoms. The van der Waals surface area contributed by atoms with E-state index in [1.54, 1.807) is 30.3 Å². The third-order valence-electron chi connectivity index (χ3n) is 3.91. The predicted octanol–water partition coefficient (Wildman–Crippen LogP) is 3.05. The van der Waals surface area contributed by atoms with Crippen LogP contribution in [0.4, 0.5) is 10.1 Å². The minimum absolute atomic E-state index is 0.0453. The van der Waals surface area contributed by atoms with Crippen molar-refractivity contribution in [1.82, 2.24) is 9.97 Å². The van der Waals surface area contributed by atoms with Gasteiger partial charge in [0.1, 0.15) is 18.1 Å².